The molecule has 0 spiro atoms. The first-order valence-corrected chi connectivity index (χ1v) is 13.4. The van der Waals surface area contributed by atoms with Crippen molar-refractivity contribution in [2.45, 2.75) is 24.7 Å². The molecule has 2 bridgehead atoms. The average Bonchev–Trinajstić information content (AvgIpc) is 3.80. The third-order valence-corrected chi connectivity index (χ3v) is 8.20. The highest BCUT2D eigenvalue weighted by Gasteiger charge is 2.40. The van der Waals surface area contributed by atoms with Crippen LogP contribution in [0, 0.1) is 0 Å². The van der Waals surface area contributed by atoms with E-state index >= 15 is 0 Å². The Morgan fingerprint density at radius 3 is 2.61 bits per heavy atom. The molecule has 2 aromatic carbocycles. The van der Waals surface area contributed by atoms with Gasteiger partial charge < -0.3 is 10.2 Å². The Hall–Kier alpha value is -4.77. The Morgan fingerprint density at radius 2 is 1.83 bits per heavy atom. The molecule has 0 unspecified atom stereocenters. The van der Waals surface area contributed by atoms with Crippen LogP contribution < -0.4 is 10.2 Å². The van der Waals surface area contributed by atoms with Crippen LogP contribution in [0.3, 0.4) is 0 Å². The molecule has 8 rings (SSSR count). The lowest BCUT2D eigenvalue weighted by Crippen LogP contribution is -2.43. The van der Waals surface area contributed by atoms with Gasteiger partial charge in [-0.25, -0.2) is 9.50 Å². The Labute approximate surface area is 231 Å². The second-order valence-electron chi connectivity index (χ2n) is 10.5. The number of halogens is 3. The third-order valence-electron chi connectivity index (χ3n) is 8.20. The van der Waals surface area contributed by atoms with Crippen LogP contribution in [0.1, 0.15) is 12.0 Å². The standard InChI is InChI=1S/C30H23F3N8/c31-30(32,33)24-13-19(40-16-18-12-20(40)14-36-18)4-5-22(24)26-8-11-35-29-27(21-2-1-3-25-23(21)15-37-38-25)28(39-41(26)29)17-6-9-34-10-7-17/h1-11,13,15,18,20,36H,12,14,16H2,(H,37,38)/t18-,20+/m1/s1. The number of H-pyrrole nitrogens is 1. The second-order valence-corrected chi connectivity index (χ2v) is 10.5. The number of pyridine rings is 1. The highest BCUT2D eigenvalue weighted by Crippen LogP contribution is 2.43. The summed E-state index contributed by atoms with van der Waals surface area (Å²) in [5.74, 6) is 0. The molecule has 2 fully saturated rings. The number of fused-ring (bicyclic) bond motifs is 4. The molecular formula is C30H23F3N8. The minimum Gasteiger partial charge on any atom is -0.366 e. The molecule has 11 heteroatoms. The van der Waals surface area contributed by atoms with E-state index in [0.717, 1.165) is 35.0 Å². The Kier molecular flexibility index (Phi) is 5.20. The van der Waals surface area contributed by atoms with Crippen LogP contribution in [0.25, 0.3) is 50.2 Å². The van der Waals surface area contributed by atoms with Crippen LogP contribution in [0.15, 0.2) is 79.4 Å². The van der Waals surface area contributed by atoms with E-state index in [0.29, 0.717) is 40.9 Å². The van der Waals surface area contributed by atoms with Gasteiger partial charge in [0.25, 0.3) is 0 Å². The third kappa shape index (κ3) is 3.80. The van der Waals surface area contributed by atoms with Crippen molar-refractivity contribution in [3.63, 3.8) is 0 Å². The SMILES string of the molecule is FC(F)(F)c1cc(N2C[C@H]3C[C@H]2CN3)ccc1-c1ccnc2c(-c3cccc4[nH]ncc34)c(-c3ccncc3)nn12. The molecule has 204 valence electrons. The fraction of sp³-hybridized carbons (Fsp3) is 0.200. The van der Waals surface area contributed by atoms with Crippen molar-refractivity contribution < 1.29 is 13.2 Å². The number of aromatic amines is 1. The Morgan fingerprint density at radius 1 is 0.951 bits per heavy atom. The average molecular weight is 553 g/mol. The minimum absolute atomic E-state index is 0.0491. The van der Waals surface area contributed by atoms with E-state index < -0.39 is 11.7 Å². The molecule has 2 atom stereocenters. The van der Waals surface area contributed by atoms with E-state index in [1.165, 1.54) is 10.6 Å². The maximum absolute atomic E-state index is 14.6. The molecule has 6 heterocycles. The van der Waals surface area contributed by atoms with Crippen molar-refractivity contribution >= 4 is 22.2 Å². The van der Waals surface area contributed by atoms with Crippen molar-refractivity contribution in [1.82, 2.24) is 35.1 Å². The summed E-state index contributed by atoms with van der Waals surface area (Å²) < 4.78 is 45.5. The van der Waals surface area contributed by atoms with Gasteiger partial charge in [0.15, 0.2) is 5.65 Å². The van der Waals surface area contributed by atoms with Gasteiger partial charge in [-0.1, -0.05) is 18.2 Å². The number of benzene rings is 2. The lowest BCUT2D eigenvalue weighted by molar-refractivity contribution is -0.137. The van der Waals surface area contributed by atoms with Gasteiger partial charge in [0.2, 0.25) is 0 Å². The molecule has 0 aliphatic carbocycles. The number of piperazine rings is 1. The molecule has 2 N–H and O–H groups in total. The monoisotopic (exact) mass is 552 g/mol. The van der Waals surface area contributed by atoms with E-state index in [-0.39, 0.29) is 11.6 Å². The van der Waals surface area contributed by atoms with Crippen molar-refractivity contribution in [2.24, 2.45) is 0 Å². The van der Waals surface area contributed by atoms with Gasteiger partial charge in [0, 0.05) is 66.0 Å². The van der Waals surface area contributed by atoms with E-state index in [9.17, 15) is 13.2 Å². The minimum atomic E-state index is -4.57. The van der Waals surface area contributed by atoms with Gasteiger partial charge in [0.1, 0.15) is 5.69 Å². The van der Waals surface area contributed by atoms with Crippen LogP contribution in [0.5, 0.6) is 0 Å². The van der Waals surface area contributed by atoms with Gasteiger partial charge in [-0.3, -0.25) is 10.1 Å². The van der Waals surface area contributed by atoms with E-state index in [2.05, 4.69) is 30.4 Å². The van der Waals surface area contributed by atoms with Gasteiger partial charge in [-0.2, -0.15) is 23.4 Å². The van der Waals surface area contributed by atoms with Crippen molar-refractivity contribution in [3.05, 3.63) is 84.9 Å². The first-order valence-electron chi connectivity index (χ1n) is 13.4. The molecule has 8 nitrogen and oxygen atoms in total. The zero-order valence-corrected chi connectivity index (χ0v) is 21.6. The fourth-order valence-corrected chi connectivity index (χ4v) is 6.34. The number of alkyl halides is 3. The Bertz CT molecular complexity index is 1930. The zero-order valence-electron chi connectivity index (χ0n) is 21.6. The molecule has 41 heavy (non-hydrogen) atoms. The van der Waals surface area contributed by atoms with Crippen LogP contribution in [0.4, 0.5) is 18.9 Å². The summed E-state index contributed by atoms with van der Waals surface area (Å²) in [7, 11) is 0. The summed E-state index contributed by atoms with van der Waals surface area (Å²) >= 11 is 0. The first kappa shape index (κ1) is 24.1. The van der Waals surface area contributed by atoms with E-state index in [1.54, 1.807) is 43.0 Å². The fourth-order valence-electron chi connectivity index (χ4n) is 6.34. The molecular weight excluding hydrogens is 529 g/mol. The number of aromatic nitrogens is 6. The van der Waals surface area contributed by atoms with Crippen molar-refractivity contribution in [2.75, 3.05) is 18.0 Å². The number of hydrogen-bond donors (Lipinski definition) is 2. The number of anilines is 1. The van der Waals surface area contributed by atoms with Gasteiger partial charge >= 0.3 is 6.18 Å². The second kappa shape index (κ2) is 8.87. The van der Waals surface area contributed by atoms with Gasteiger partial charge in [-0.05, 0) is 48.4 Å². The van der Waals surface area contributed by atoms with Crippen LogP contribution >= 0.6 is 0 Å². The van der Waals surface area contributed by atoms with E-state index in [1.807, 2.05) is 30.3 Å². The molecule has 0 radical (unpaired) electrons. The summed E-state index contributed by atoms with van der Waals surface area (Å²) in [6.07, 6.45) is 2.99. The molecule has 0 amide bonds. The lowest BCUT2D eigenvalue weighted by Gasteiger charge is -2.30. The summed E-state index contributed by atoms with van der Waals surface area (Å²) in [5, 5.41) is 16.3. The Balaban J connectivity index is 1.37. The van der Waals surface area contributed by atoms with Crippen LogP contribution in [-0.4, -0.2) is 55.0 Å². The molecule has 2 aliphatic heterocycles. The predicted octanol–water partition coefficient (Wildman–Crippen LogP) is 5.57. The topological polar surface area (TPSA) is 87.0 Å². The molecule has 4 aromatic heterocycles. The first-order chi connectivity index (χ1) is 20.0. The number of rotatable bonds is 4. The van der Waals surface area contributed by atoms with Gasteiger partial charge in [0.05, 0.1) is 28.5 Å². The molecule has 2 aliphatic rings. The van der Waals surface area contributed by atoms with Crippen LogP contribution in [-0.2, 0) is 6.18 Å². The molecule has 2 saturated heterocycles. The van der Waals surface area contributed by atoms with Gasteiger partial charge in [-0.15, -0.1) is 0 Å². The largest absolute Gasteiger partial charge is 0.417 e. The zero-order chi connectivity index (χ0) is 27.7. The maximum Gasteiger partial charge on any atom is 0.417 e. The summed E-state index contributed by atoms with van der Waals surface area (Å²) in [6, 6.07) is 16.2. The van der Waals surface area contributed by atoms with Crippen LogP contribution in [0.2, 0.25) is 0 Å². The lowest BCUT2D eigenvalue weighted by atomic mass is 9.98. The highest BCUT2D eigenvalue weighted by molar-refractivity contribution is 6.03. The number of nitrogens with one attached hydrogen (secondary N) is 2. The summed E-state index contributed by atoms with van der Waals surface area (Å²) in [5.41, 5.74) is 4.42. The van der Waals surface area contributed by atoms with E-state index in [4.69, 9.17) is 5.10 Å². The highest BCUT2D eigenvalue weighted by atomic mass is 19.4. The molecule has 0 saturated carbocycles. The molecule has 6 aromatic rings. The summed E-state index contributed by atoms with van der Waals surface area (Å²) in [6.45, 7) is 1.49. The normalized spacial score (nSPS) is 18.7. The quantitative estimate of drug-likeness (QED) is 0.297. The summed E-state index contributed by atoms with van der Waals surface area (Å²) in [4.78, 5) is 10.9. The number of hydrogen-bond acceptors (Lipinski definition) is 6. The van der Waals surface area contributed by atoms with Crippen molar-refractivity contribution in [1.29, 1.82) is 0 Å². The smallest absolute Gasteiger partial charge is 0.366 e. The maximum atomic E-state index is 14.6. The predicted molar refractivity (Wildman–Crippen MR) is 149 cm³/mol. The van der Waals surface area contributed by atoms with Crippen molar-refractivity contribution in [3.8, 4) is 33.6 Å². The number of nitrogens with zero attached hydrogens (tertiary/aromatic N) is 6.